The molecule has 1 aromatic carbocycles. The summed E-state index contributed by atoms with van der Waals surface area (Å²) in [5.41, 5.74) is 2.04. The second kappa shape index (κ2) is 5.85. The Kier molecular flexibility index (Phi) is 3.74. The first-order valence-corrected chi connectivity index (χ1v) is 6.95. The van der Waals surface area contributed by atoms with E-state index in [1.807, 2.05) is 25.1 Å². The van der Waals surface area contributed by atoms with E-state index in [0.717, 1.165) is 5.69 Å². The minimum absolute atomic E-state index is 0.166. The molecule has 0 aliphatic carbocycles. The number of anilines is 1. The molecule has 1 N–H and O–H groups in total. The van der Waals surface area contributed by atoms with Gasteiger partial charge in [0.05, 0.1) is 5.52 Å². The average Bonchev–Trinajstić information content (AvgIpc) is 2.80. The number of rotatable bonds is 4. The Morgan fingerprint density at radius 3 is 2.86 bits per heavy atom. The average molecular weight is 297 g/mol. The van der Waals surface area contributed by atoms with Gasteiger partial charge >= 0.3 is 5.76 Å². The Balaban J connectivity index is 1.70. The lowest BCUT2D eigenvalue weighted by molar-refractivity contribution is -0.116. The van der Waals surface area contributed by atoms with E-state index in [1.54, 1.807) is 24.3 Å². The van der Waals surface area contributed by atoms with Crippen LogP contribution in [0.25, 0.3) is 11.1 Å². The van der Waals surface area contributed by atoms with Crippen LogP contribution in [0.15, 0.2) is 51.7 Å². The highest BCUT2D eigenvalue weighted by Crippen LogP contribution is 2.12. The van der Waals surface area contributed by atoms with Crippen LogP contribution in [0, 0.1) is 6.92 Å². The Morgan fingerprint density at radius 2 is 2.05 bits per heavy atom. The van der Waals surface area contributed by atoms with E-state index < -0.39 is 5.76 Å². The number of carbonyl (C=O) groups excluding carboxylic acids is 1. The number of hydrogen-bond donors (Lipinski definition) is 1. The molecule has 0 atom stereocenters. The van der Waals surface area contributed by atoms with Crippen molar-refractivity contribution in [3.05, 3.63) is 58.7 Å². The molecular weight excluding hydrogens is 282 g/mol. The zero-order chi connectivity index (χ0) is 15.5. The Labute approximate surface area is 126 Å². The van der Waals surface area contributed by atoms with Crippen molar-refractivity contribution in [2.75, 3.05) is 5.32 Å². The molecule has 6 nitrogen and oxygen atoms in total. The van der Waals surface area contributed by atoms with Crippen molar-refractivity contribution in [2.45, 2.75) is 19.9 Å². The van der Waals surface area contributed by atoms with Gasteiger partial charge in [-0.2, -0.15) is 0 Å². The molecular formula is C16H15N3O3. The summed E-state index contributed by atoms with van der Waals surface area (Å²) in [5, 5.41) is 2.72. The predicted octanol–water partition coefficient (Wildman–Crippen LogP) is 2.33. The first kappa shape index (κ1) is 14.1. The van der Waals surface area contributed by atoms with E-state index in [2.05, 4.69) is 10.3 Å². The number of aryl methyl sites for hydroxylation is 2. The van der Waals surface area contributed by atoms with Crippen LogP contribution in [0.1, 0.15) is 12.1 Å². The van der Waals surface area contributed by atoms with Crippen molar-refractivity contribution in [2.24, 2.45) is 0 Å². The van der Waals surface area contributed by atoms with Gasteiger partial charge in [0.1, 0.15) is 5.82 Å². The van der Waals surface area contributed by atoms with E-state index in [4.69, 9.17) is 4.42 Å². The van der Waals surface area contributed by atoms with Gasteiger partial charge in [-0.3, -0.25) is 9.36 Å². The van der Waals surface area contributed by atoms with Gasteiger partial charge in [-0.05, 0) is 31.2 Å². The number of pyridine rings is 1. The quantitative estimate of drug-likeness (QED) is 0.801. The van der Waals surface area contributed by atoms with Gasteiger partial charge in [0, 0.05) is 18.7 Å². The van der Waals surface area contributed by atoms with Crippen molar-refractivity contribution >= 4 is 22.8 Å². The van der Waals surface area contributed by atoms with E-state index in [9.17, 15) is 9.59 Å². The van der Waals surface area contributed by atoms with Crippen LogP contribution in [-0.4, -0.2) is 15.5 Å². The highest BCUT2D eigenvalue weighted by molar-refractivity contribution is 5.89. The standard InChI is InChI=1S/C16H15N3O3/c1-11-5-4-8-14(17-11)18-15(20)9-10-19-12-6-2-3-7-13(12)22-16(19)21/h2-8H,9-10H2,1H3,(H,17,18,20). The van der Waals surface area contributed by atoms with Gasteiger partial charge in [0.25, 0.3) is 0 Å². The number of hydrogen-bond acceptors (Lipinski definition) is 4. The van der Waals surface area contributed by atoms with Crippen LogP contribution in [-0.2, 0) is 11.3 Å². The minimum atomic E-state index is -0.456. The number of nitrogens with one attached hydrogen (secondary N) is 1. The van der Waals surface area contributed by atoms with Crippen molar-refractivity contribution < 1.29 is 9.21 Å². The number of carbonyl (C=O) groups is 1. The summed E-state index contributed by atoms with van der Waals surface area (Å²) in [5.74, 6) is -0.146. The Hall–Kier alpha value is -2.89. The molecule has 0 saturated heterocycles. The number of fused-ring (bicyclic) bond motifs is 1. The first-order valence-electron chi connectivity index (χ1n) is 6.95. The maximum atomic E-state index is 12.0. The fourth-order valence-corrected chi connectivity index (χ4v) is 2.26. The van der Waals surface area contributed by atoms with Crippen LogP contribution < -0.4 is 11.1 Å². The molecule has 0 aliphatic heterocycles. The van der Waals surface area contributed by atoms with Gasteiger partial charge in [-0.1, -0.05) is 18.2 Å². The second-order valence-corrected chi connectivity index (χ2v) is 4.95. The number of para-hydroxylation sites is 2. The fraction of sp³-hybridized carbons (Fsp3) is 0.188. The molecule has 1 amide bonds. The molecule has 3 aromatic rings. The maximum absolute atomic E-state index is 12.0. The number of amides is 1. The molecule has 0 spiro atoms. The number of benzene rings is 1. The predicted molar refractivity (Wildman–Crippen MR) is 82.7 cm³/mol. The van der Waals surface area contributed by atoms with Crippen LogP contribution in [0.3, 0.4) is 0 Å². The summed E-state index contributed by atoms with van der Waals surface area (Å²) in [6.07, 6.45) is 0.166. The molecule has 0 aliphatic rings. The van der Waals surface area contributed by atoms with Crippen molar-refractivity contribution in [3.8, 4) is 0 Å². The topological polar surface area (TPSA) is 77.1 Å². The molecule has 0 unspecified atom stereocenters. The van der Waals surface area contributed by atoms with Crippen LogP contribution in [0.4, 0.5) is 5.82 Å². The third kappa shape index (κ3) is 2.90. The zero-order valence-electron chi connectivity index (χ0n) is 12.1. The lowest BCUT2D eigenvalue weighted by atomic mass is 10.3. The Bertz CT molecular complexity index is 879. The third-order valence-corrected chi connectivity index (χ3v) is 3.29. The van der Waals surface area contributed by atoms with Crippen molar-refractivity contribution in [3.63, 3.8) is 0 Å². The lowest BCUT2D eigenvalue weighted by Gasteiger charge is -2.05. The molecule has 0 fully saturated rings. The molecule has 6 heteroatoms. The lowest BCUT2D eigenvalue weighted by Crippen LogP contribution is -2.20. The summed E-state index contributed by atoms with van der Waals surface area (Å²) in [6.45, 7) is 2.11. The normalized spacial score (nSPS) is 10.8. The number of aromatic nitrogens is 2. The molecule has 2 heterocycles. The van der Waals surface area contributed by atoms with E-state index in [1.165, 1.54) is 4.57 Å². The fourth-order valence-electron chi connectivity index (χ4n) is 2.26. The second-order valence-electron chi connectivity index (χ2n) is 4.95. The number of oxazole rings is 1. The summed E-state index contributed by atoms with van der Waals surface area (Å²) in [4.78, 5) is 28.0. The van der Waals surface area contributed by atoms with Crippen molar-refractivity contribution in [1.29, 1.82) is 0 Å². The molecule has 112 valence electrons. The smallest absolute Gasteiger partial charge is 0.408 e. The highest BCUT2D eigenvalue weighted by atomic mass is 16.4. The van der Waals surface area contributed by atoms with E-state index in [0.29, 0.717) is 16.9 Å². The van der Waals surface area contributed by atoms with Crippen LogP contribution in [0.5, 0.6) is 0 Å². The van der Waals surface area contributed by atoms with Crippen LogP contribution in [0.2, 0.25) is 0 Å². The van der Waals surface area contributed by atoms with Crippen LogP contribution >= 0.6 is 0 Å². The third-order valence-electron chi connectivity index (χ3n) is 3.29. The maximum Gasteiger partial charge on any atom is 0.419 e. The zero-order valence-corrected chi connectivity index (χ0v) is 12.1. The Morgan fingerprint density at radius 1 is 1.23 bits per heavy atom. The molecule has 0 saturated carbocycles. The summed E-state index contributed by atoms with van der Waals surface area (Å²) < 4.78 is 6.59. The van der Waals surface area contributed by atoms with Gasteiger partial charge in [0.15, 0.2) is 5.58 Å². The number of nitrogens with zero attached hydrogens (tertiary/aromatic N) is 2. The highest BCUT2D eigenvalue weighted by Gasteiger charge is 2.10. The van der Waals surface area contributed by atoms with Crippen molar-refractivity contribution in [1.82, 2.24) is 9.55 Å². The largest absolute Gasteiger partial charge is 0.419 e. The van der Waals surface area contributed by atoms with Gasteiger partial charge in [-0.15, -0.1) is 0 Å². The van der Waals surface area contributed by atoms with Gasteiger partial charge in [0.2, 0.25) is 5.91 Å². The molecule has 2 aromatic heterocycles. The minimum Gasteiger partial charge on any atom is -0.408 e. The van der Waals surface area contributed by atoms with Gasteiger partial charge in [-0.25, -0.2) is 9.78 Å². The summed E-state index contributed by atoms with van der Waals surface area (Å²) in [7, 11) is 0. The molecule has 3 rings (SSSR count). The summed E-state index contributed by atoms with van der Waals surface area (Å²) in [6, 6.07) is 12.5. The van der Waals surface area contributed by atoms with Gasteiger partial charge < -0.3 is 9.73 Å². The SMILES string of the molecule is Cc1cccc(NC(=O)CCn2c(=O)oc3ccccc32)n1. The molecule has 22 heavy (non-hydrogen) atoms. The first-order chi connectivity index (χ1) is 10.6. The molecule has 0 radical (unpaired) electrons. The molecule has 0 bridgehead atoms. The summed E-state index contributed by atoms with van der Waals surface area (Å²) >= 11 is 0. The van der Waals surface area contributed by atoms with E-state index >= 15 is 0 Å². The van der Waals surface area contributed by atoms with E-state index in [-0.39, 0.29) is 18.9 Å². The monoisotopic (exact) mass is 297 g/mol.